The Hall–Kier alpha value is -1.11. The number of nitrogens with one attached hydrogen (secondary N) is 1. The Morgan fingerprint density at radius 3 is 2.70 bits per heavy atom. The lowest BCUT2D eigenvalue weighted by molar-refractivity contribution is -0.137. The summed E-state index contributed by atoms with van der Waals surface area (Å²) in [7, 11) is 1.63. The van der Waals surface area contributed by atoms with Crippen LogP contribution in [0.5, 0.6) is 0 Å². The van der Waals surface area contributed by atoms with E-state index in [4.69, 9.17) is 4.74 Å². The monoisotopic (exact) mass is 291 g/mol. The van der Waals surface area contributed by atoms with Crippen molar-refractivity contribution in [1.29, 1.82) is 0 Å². The first-order chi connectivity index (χ1) is 9.45. The molecule has 0 aliphatic rings. The number of aliphatic hydroxyl groups excluding tert-OH is 1. The lowest BCUT2D eigenvalue weighted by Crippen LogP contribution is -2.23. The molecule has 0 saturated heterocycles. The fraction of sp³-hybridized carbons (Fsp3) is 0.571. The van der Waals surface area contributed by atoms with Crippen molar-refractivity contribution in [2.75, 3.05) is 26.8 Å². The van der Waals surface area contributed by atoms with Crippen LogP contribution in [-0.4, -0.2) is 31.9 Å². The molecule has 0 fully saturated rings. The Morgan fingerprint density at radius 2 is 2.05 bits per heavy atom. The normalized spacial score (nSPS) is 13.4. The standard InChI is InChI=1S/C14H20F3NO2/c1-20-8-3-2-7-18-10-13(19)11-5-4-6-12(9-11)14(15,16)17/h4-6,9,13,18-19H,2-3,7-8,10H2,1H3. The molecule has 0 radical (unpaired) electrons. The summed E-state index contributed by atoms with van der Waals surface area (Å²) in [4.78, 5) is 0. The number of hydrogen-bond acceptors (Lipinski definition) is 3. The van der Waals surface area contributed by atoms with Gasteiger partial charge in [0.1, 0.15) is 0 Å². The molecule has 20 heavy (non-hydrogen) atoms. The van der Waals surface area contributed by atoms with Crippen molar-refractivity contribution in [3.63, 3.8) is 0 Å². The van der Waals surface area contributed by atoms with Gasteiger partial charge in [-0.25, -0.2) is 0 Å². The lowest BCUT2D eigenvalue weighted by Gasteiger charge is -2.14. The Balaban J connectivity index is 2.41. The van der Waals surface area contributed by atoms with Crippen molar-refractivity contribution < 1.29 is 23.0 Å². The van der Waals surface area contributed by atoms with E-state index < -0.39 is 17.8 Å². The highest BCUT2D eigenvalue weighted by Gasteiger charge is 2.30. The van der Waals surface area contributed by atoms with Crippen molar-refractivity contribution in [3.05, 3.63) is 35.4 Å². The van der Waals surface area contributed by atoms with Gasteiger partial charge in [-0.3, -0.25) is 0 Å². The molecular weight excluding hydrogens is 271 g/mol. The molecule has 0 saturated carbocycles. The Bertz CT molecular complexity index is 396. The zero-order chi connectivity index (χ0) is 15.0. The van der Waals surface area contributed by atoms with Crippen LogP contribution in [0.2, 0.25) is 0 Å². The van der Waals surface area contributed by atoms with Crippen LogP contribution in [0.25, 0.3) is 0 Å². The third-order valence-corrected chi connectivity index (χ3v) is 2.89. The van der Waals surface area contributed by atoms with Crippen LogP contribution in [0.1, 0.15) is 30.1 Å². The summed E-state index contributed by atoms with van der Waals surface area (Å²) in [6.45, 7) is 1.60. The number of alkyl halides is 3. The van der Waals surface area contributed by atoms with Crippen LogP contribution < -0.4 is 5.32 Å². The maximum absolute atomic E-state index is 12.5. The van der Waals surface area contributed by atoms with Crippen molar-refractivity contribution in [2.45, 2.75) is 25.1 Å². The quantitative estimate of drug-likeness (QED) is 0.724. The first kappa shape index (κ1) is 16.9. The van der Waals surface area contributed by atoms with Crippen LogP contribution in [-0.2, 0) is 10.9 Å². The third kappa shape index (κ3) is 5.90. The minimum absolute atomic E-state index is 0.230. The van der Waals surface area contributed by atoms with Crippen molar-refractivity contribution >= 4 is 0 Å². The summed E-state index contributed by atoms with van der Waals surface area (Å²) in [6.07, 6.45) is -3.53. The lowest BCUT2D eigenvalue weighted by atomic mass is 10.1. The minimum atomic E-state index is -4.39. The number of hydrogen-bond donors (Lipinski definition) is 2. The minimum Gasteiger partial charge on any atom is -0.387 e. The van der Waals surface area contributed by atoms with Gasteiger partial charge in [0.15, 0.2) is 0 Å². The van der Waals surface area contributed by atoms with E-state index in [0.29, 0.717) is 13.2 Å². The summed E-state index contributed by atoms with van der Waals surface area (Å²) in [5.74, 6) is 0. The van der Waals surface area contributed by atoms with Gasteiger partial charge in [0, 0.05) is 20.3 Å². The van der Waals surface area contributed by atoms with Crippen LogP contribution >= 0.6 is 0 Å². The number of benzene rings is 1. The van der Waals surface area contributed by atoms with Crippen molar-refractivity contribution in [3.8, 4) is 0 Å². The first-order valence-corrected chi connectivity index (χ1v) is 6.50. The van der Waals surface area contributed by atoms with E-state index in [-0.39, 0.29) is 12.1 Å². The Morgan fingerprint density at radius 1 is 1.30 bits per heavy atom. The Kier molecular flexibility index (Phi) is 6.98. The average molecular weight is 291 g/mol. The maximum atomic E-state index is 12.5. The largest absolute Gasteiger partial charge is 0.416 e. The number of rotatable bonds is 8. The second-order valence-corrected chi connectivity index (χ2v) is 4.54. The van der Waals surface area contributed by atoms with Gasteiger partial charge in [0.25, 0.3) is 0 Å². The van der Waals surface area contributed by atoms with Gasteiger partial charge in [0.05, 0.1) is 11.7 Å². The molecule has 114 valence electrons. The first-order valence-electron chi connectivity index (χ1n) is 6.50. The number of aliphatic hydroxyl groups is 1. The van der Waals surface area contributed by atoms with E-state index in [0.717, 1.165) is 25.0 Å². The van der Waals surface area contributed by atoms with Gasteiger partial charge < -0.3 is 15.2 Å². The highest BCUT2D eigenvalue weighted by Crippen LogP contribution is 2.30. The van der Waals surface area contributed by atoms with E-state index in [1.54, 1.807) is 7.11 Å². The summed E-state index contributed by atoms with van der Waals surface area (Å²) in [6, 6.07) is 4.78. The highest BCUT2D eigenvalue weighted by molar-refractivity contribution is 5.27. The molecule has 0 aliphatic carbocycles. The molecule has 0 aromatic heterocycles. The van der Waals surface area contributed by atoms with Crippen LogP contribution in [0, 0.1) is 0 Å². The van der Waals surface area contributed by atoms with Gasteiger partial charge in [-0.05, 0) is 37.1 Å². The smallest absolute Gasteiger partial charge is 0.387 e. The molecule has 0 bridgehead atoms. The SMILES string of the molecule is COCCCCNCC(O)c1cccc(C(F)(F)F)c1. The second kappa shape index (κ2) is 8.24. The molecule has 1 unspecified atom stereocenters. The maximum Gasteiger partial charge on any atom is 0.416 e. The molecule has 0 heterocycles. The van der Waals surface area contributed by atoms with Crippen LogP contribution in [0.4, 0.5) is 13.2 Å². The number of halogens is 3. The molecular formula is C14H20F3NO2. The number of methoxy groups -OCH3 is 1. The summed E-state index contributed by atoms with van der Waals surface area (Å²) in [5, 5.41) is 12.9. The number of ether oxygens (including phenoxy) is 1. The second-order valence-electron chi connectivity index (χ2n) is 4.54. The average Bonchev–Trinajstić information content (AvgIpc) is 2.41. The molecule has 6 heteroatoms. The molecule has 1 atom stereocenters. The summed E-state index contributed by atoms with van der Waals surface area (Å²) < 4.78 is 42.5. The highest BCUT2D eigenvalue weighted by atomic mass is 19.4. The predicted molar refractivity (Wildman–Crippen MR) is 70.4 cm³/mol. The van der Waals surface area contributed by atoms with E-state index in [9.17, 15) is 18.3 Å². The zero-order valence-corrected chi connectivity index (χ0v) is 11.4. The molecule has 0 amide bonds. The third-order valence-electron chi connectivity index (χ3n) is 2.89. The molecule has 0 aliphatic heterocycles. The van der Waals surface area contributed by atoms with Gasteiger partial charge >= 0.3 is 6.18 Å². The van der Waals surface area contributed by atoms with Gasteiger partial charge in [-0.1, -0.05) is 12.1 Å². The van der Waals surface area contributed by atoms with Crippen molar-refractivity contribution in [1.82, 2.24) is 5.32 Å². The molecule has 0 spiro atoms. The van der Waals surface area contributed by atoms with E-state index >= 15 is 0 Å². The van der Waals surface area contributed by atoms with E-state index in [2.05, 4.69) is 5.32 Å². The van der Waals surface area contributed by atoms with Crippen LogP contribution in [0.15, 0.2) is 24.3 Å². The summed E-state index contributed by atoms with van der Waals surface area (Å²) >= 11 is 0. The Labute approximate surface area is 116 Å². The van der Waals surface area contributed by atoms with Gasteiger partial charge in [-0.15, -0.1) is 0 Å². The van der Waals surface area contributed by atoms with Crippen LogP contribution in [0.3, 0.4) is 0 Å². The fourth-order valence-electron chi connectivity index (χ4n) is 1.78. The van der Waals surface area contributed by atoms with Crippen molar-refractivity contribution in [2.24, 2.45) is 0 Å². The molecule has 1 aromatic rings. The fourth-order valence-corrected chi connectivity index (χ4v) is 1.78. The topological polar surface area (TPSA) is 41.5 Å². The van der Waals surface area contributed by atoms with Gasteiger partial charge in [-0.2, -0.15) is 13.2 Å². The molecule has 3 nitrogen and oxygen atoms in total. The predicted octanol–water partition coefficient (Wildman–Crippen LogP) is 2.76. The number of unbranched alkanes of at least 4 members (excludes halogenated alkanes) is 1. The molecule has 2 N–H and O–H groups in total. The van der Waals surface area contributed by atoms with Gasteiger partial charge in [0.2, 0.25) is 0 Å². The van der Waals surface area contributed by atoms with E-state index in [1.807, 2.05) is 0 Å². The van der Waals surface area contributed by atoms with E-state index in [1.165, 1.54) is 12.1 Å². The summed E-state index contributed by atoms with van der Waals surface area (Å²) in [5.41, 5.74) is -0.474. The molecule has 1 aromatic carbocycles. The molecule has 1 rings (SSSR count). The zero-order valence-electron chi connectivity index (χ0n) is 11.4.